The summed E-state index contributed by atoms with van der Waals surface area (Å²) in [7, 11) is 1.67. The molecular weight excluding hydrogens is 370 g/mol. The molecule has 1 saturated heterocycles. The number of likely N-dealkylation sites (tertiary alicyclic amines) is 1. The summed E-state index contributed by atoms with van der Waals surface area (Å²) in [6.07, 6.45) is 2.25. The summed E-state index contributed by atoms with van der Waals surface area (Å²) in [5.41, 5.74) is 5.85. The molecule has 0 bridgehead atoms. The lowest BCUT2D eigenvalue weighted by Gasteiger charge is -2.33. The molecule has 2 heterocycles. The van der Waals surface area contributed by atoms with E-state index >= 15 is 0 Å². The average Bonchev–Trinajstić information content (AvgIpc) is 2.98. The lowest BCUT2D eigenvalue weighted by atomic mass is 9.86. The first-order valence-corrected chi connectivity index (χ1v) is 9.51. The smallest absolute Gasteiger partial charge is 0.174 e. The predicted molar refractivity (Wildman–Crippen MR) is 100 cm³/mol. The molecule has 132 valence electrons. The predicted octanol–water partition coefficient (Wildman–Crippen LogP) is 3.59. The van der Waals surface area contributed by atoms with Gasteiger partial charge < -0.3 is 19.8 Å². The van der Waals surface area contributed by atoms with E-state index in [1.165, 1.54) is 17.7 Å². The standard InChI is InChI=1S/C18H26BrN3O2/c1-4-7-22-8-6-15-13(11-22)17(21-20-15)12-9-14(19)18(23-3)16(10-12)24-5-2/h9-10,13,17,21H,4-8,11H2,1-3H3. The Labute approximate surface area is 152 Å². The minimum Gasteiger partial charge on any atom is -0.492 e. The third-order valence-corrected chi connectivity index (χ3v) is 5.34. The number of hydrazone groups is 1. The minimum absolute atomic E-state index is 0.195. The highest BCUT2D eigenvalue weighted by Gasteiger charge is 2.37. The Hall–Kier alpha value is -1.27. The van der Waals surface area contributed by atoms with Gasteiger partial charge >= 0.3 is 0 Å². The van der Waals surface area contributed by atoms with E-state index in [2.05, 4.69) is 50.4 Å². The van der Waals surface area contributed by atoms with Crippen LogP contribution in [-0.4, -0.2) is 44.0 Å². The van der Waals surface area contributed by atoms with E-state index in [0.717, 1.165) is 42.0 Å². The van der Waals surface area contributed by atoms with Crippen molar-refractivity contribution in [2.45, 2.75) is 32.7 Å². The second-order valence-corrected chi connectivity index (χ2v) is 7.19. The Morgan fingerprint density at radius 3 is 2.92 bits per heavy atom. The van der Waals surface area contributed by atoms with Crippen molar-refractivity contribution in [2.75, 3.05) is 33.4 Å². The maximum atomic E-state index is 5.77. The van der Waals surface area contributed by atoms with E-state index in [1.54, 1.807) is 7.11 Å². The van der Waals surface area contributed by atoms with Crippen molar-refractivity contribution < 1.29 is 9.47 Å². The molecule has 0 aliphatic carbocycles. The molecule has 2 aliphatic heterocycles. The number of hydrogen-bond donors (Lipinski definition) is 1. The maximum absolute atomic E-state index is 5.77. The molecule has 0 radical (unpaired) electrons. The zero-order valence-electron chi connectivity index (χ0n) is 14.6. The van der Waals surface area contributed by atoms with E-state index in [0.29, 0.717) is 12.5 Å². The topological polar surface area (TPSA) is 46.1 Å². The zero-order valence-corrected chi connectivity index (χ0v) is 16.2. The van der Waals surface area contributed by atoms with Crippen molar-refractivity contribution in [3.63, 3.8) is 0 Å². The van der Waals surface area contributed by atoms with E-state index in [-0.39, 0.29) is 6.04 Å². The fraction of sp³-hybridized carbons (Fsp3) is 0.611. The number of halogens is 1. The van der Waals surface area contributed by atoms with Gasteiger partial charge in [0.1, 0.15) is 0 Å². The Bertz CT molecular complexity index is 621. The van der Waals surface area contributed by atoms with Crippen LogP contribution in [0.2, 0.25) is 0 Å². The van der Waals surface area contributed by atoms with Crippen molar-refractivity contribution in [3.05, 3.63) is 22.2 Å². The van der Waals surface area contributed by atoms with Crippen LogP contribution in [0.25, 0.3) is 0 Å². The first-order chi connectivity index (χ1) is 11.7. The largest absolute Gasteiger partial charge is 0.492 e. The molecule has 0 saturated carbocycles. The van der Waals surface area contributed by atoms with Crippen molar-refractivity contribution in [1.82, 2.24) is 10.3 Å². The third kappa shape index (κ3) is 3.40. The number of fused-ring (bicyclic) bond motifs is 1. The minimum atomic E-state index is 0.195. The molecule has 2 aliphatic rings. The van der Waals surface area contributed by atoms with Gasteiger partial charge in [0.25, 0.3) is 0 Å². The molecule has 6 heteroatoms. The summed E-state index contributed by atoms with van der Waals surface area (Å²) in [6, 6.07) is 4.40. The van der Waals surface area contributed by atoms with Crippen LogP contribution in [0.1, 0.15) is 38.3 Å². The second kappa shape index (κ2) is 7.74. The van der Waals surface area contributed by atoms with Gasteiger partial charge in [-0.2, -0.15) is 5.10 Å². The molecule has 0 amide bonds. The van der Waals surface area contributed by atoms with Crippen LogP contribution in [0, 0.1) is 5.92 Å². The van der Waals surface area contributed by atoms with Crippen LogP contribution in [-0.2, 0) is 0 Å². The lowest BCUT2D eigenvalue weighted by molar-refractivity contribution is 0.228. The average molecular weight is 396 g/mol. The van der Waals surface area contributed by atoms with Crippen LogP contribution >= 0.6 is 15.9 Å². The molecule has 24 heavy (non-hydrogen) atoms. The molecule has 3 rings (SSSR count). The van der Waals surface area contributed by atoms with Gasteiger partial charge in [-0.3, -0.25) is 0 Å². The Morgan fingerprint density at radius 2 is 2.21 bits per heavy atom. The molecule has 0 spiro atoms. The number of nitrogens with one attached hydrogen (secondary N) is 1. The fourth-order valence-electron chi connectivity index (χ4n) is 3.67. The van der Waals surface area contributed by atoms with Gasteiger partial charge in [-0.15, -0.1) is 0 Å². The van der Waals surface area contributed by atoms with E-state index in [1.807, 2.05) is 6.92 Å². The molecule has 1 aromatic carbocycles. The van der Waals surface area contributed by atoms with Gasteiger partial charge in [0.15, 0.2) is 11.5 Å². The Morgan fingerprint density at radius 1 is 1.38 bits per heavy atom. The van der Waals surface area contributed by atoms with E-state index in [9.17, 15) is 0 Å². The van der Waals surface area contributed by atoms with Gasteiger partial charge in [-0.1, -0.05) is 6.92 Å². The monoisotopic (exact) mass is 395 g/mol. The molecule has 5 nitrogen and oxygen atoms in total. The van der Waals surface area contributed by atoms with Crippen molar-refractivity contribution in [2.24, 2.45) is 11.0 Å². The van der Waals surface area contributed by atoms with Crippen LogP contribution in [0.5, 0.6) is 11.5 Å². The number of benzene rings is 1. The van der Waals surface area contributed by atoms with Gasteiger partial charge in [-0.25, -0.2) is 0 Å². The number of piperidine rings is 1. The third-order valence-electron chi connectivity index (χ3n) is 4.75. The summed E-state index contributed by atoms with van der Waals surface area (Å²) in [5, 5.41) is 4.61. The molecule has 1 fully saturated rings. The summed E-state index contributed by atoms with van der Waals surface area (Å²) in [4.78, 5) is 2.55. The van der Waals surface area contributed by atoms with Crippen molar-refractivity contribution >= 4 is 21.6 Å². The summed E-state index contributed by atoms with van der Waals surface area (Å²) >= 11 is 3.62. The summed E-state index contributed by atoms with van der Waals surface area (Å²) < 4.78 is 12.2. The molecule has 0 aromatic heterocycles. The highest BCUT2D eigenvalue weighted by atomic mass is 79.9. The van der Waals surface area contributed by atoms with Gasteiger partial charge in [0.2, 0.25) is 0 Å². The van der Waals surface area contributed by atoms with Crippen LogP contribution in [0.3, 0.4) is 0 Å². The summed E-state index contributed by atoms with van der Waals surface area (Å²) in [5.74, 6) is 1.96. The fourth-order valence-corrected chi connectivity index (χ4v) is 4.29. The summed E-state index contributed by atoms with van der Waals surface area (Å²) in [6.45, 7) is 8.18. The van der Waals surface area contributed by atoms with Gasteiger partial charge in [-0.05, 0) is 53.5 Å². The molecular formula is C18H26BrN3O2. The first-order valence-electron chi connectivity index (χ1n) is 8.72. The van der Waals surface area contributed by atoms with Gasteiger partial charge in [0.05, 0.1) is 24.2 Å². The molecule has 2 atom stereocenters. The maximum Gasteiger partial charge on any atom is 0.174 e. The first kappa shape index (κ1) is 17.5. The number of hydrogen-bond acceptors (Lipinski definition) is 5. The Kier molecular flexibility index (Phi) is 5.66. The molecule has 2 unspecified atom stereocenters. The normalized spacial score (nSPS) is 23.4. The number of rotatable bonds is 6. The molecule has 1 N–H and O–H groups in total. The number of nitrogens with zero attached hydrogens (tertiary/aromatic N) is 2. The zero-order chi connectivity index (χ0) is 17.1. The van der Waals surface area contributed by atoms with Crippen LogP contribution in [0.4, 0.5) is 0 Å². The highest BCUT2D eigenvalue weighted by Crippen LogP contribution is 2.41. The highest BCUT2D eigenvalue weighted by molar-refractivity contribution is 9.10. The number of ether oxygens (including phenoxy) is 2. The van der Waals surface area contributed by atoms with Gasteiger partial charge in [0, 0.05) is 31.1 Å². The van der Waals surface area contributed by atoms with Crippen molar-refractivity contribution in [1.29, 1.82) is 0 Å². The van der Waals surface area contributed by atoms with E-state index in [4.69, 9.17) is 9.47 Å². The molecule has 1 aromatic rings. The Balaban J connectivity index is 1.86. The van der Waals surface area contributed by atoms with Crippen LogP contribution in [0.15, 0.2) is 21.7 Å². The quantitative estimate of drug-likeness (QED) is 0.799. The SMILES string of the molecule is CCCN1CCC2=NNC(c3cc(Br)c(OC)c(OCC)c3)C2C1. The van der Waals surface area contributed by atoms with Crippen molar-refractivity contribution in [3.8, 4) is 11.5 Å². The van der Waals surface area contributed by atoms with Crippen LogP contribution < -0.4 is 14.9 Å². The second-order valence-electron chi connectivity index (χ2n) is 6.33. The lowest BCUT2D eigenvalue weighted by Crippen LogP contribution is -2.42. The number of methoxy groups -OCH3 is 1. The van der Waals surface area contributed by atoms with E-state index < -0.39 is 0 Å².